The van der Waals surface area contributed by atoms with E-state index in [0.717, 1.165) is 21.5 Å². The zero-order chi connectivity index (χ0) is 15.5. The van der Waals surface area contributed by atoms with Gasteiger partial charge in [-0.25, -0.2) is 9.97 Å². The number of para-hydroxylation sites is 1. The Kier molecular flexibility index (Phi) is 4.22. The van der Waals surface area contributed by atoms with Gasteiger partial charge in [0.2, 0.25) is 0 Å². The van der Waals surface area contributed by atoms with Crippen LogP contribution in [0, 0.1) is 0 Å². The number of halogens is 1. The molecule has 3 aromatic rings. The summed E-state index contributed by atoms with van der Waals surface area (Å²) in [7, 11) is 0. The summed E-state index contributed by atoms with van der Waals surface area (Å²) in [6, 6.07) is 15.6. The van der Waals surface area contributed by atoms with Crippen molar-refractivity contribution in [3.05, 3.63) is 64.9 Å². The van der Waals surface area contributed by atoms with Gasteiger partial charge in [0.1, 0.15) is 11.6 Å². The second-order valence-electron chi connectivity index (χ2n) is 5.17. The molecule has 2 aromatic carbocycles. The number of nitrogens with zero attached hydrogens (tertiary/aromatic N) is 2. The minimum Gasteiger partial charge on any atom is -0.383 e. The van der Waals surface area contributed by atoms with Crippen molar-refractivity contribution in [2.75, 3.05) is 5.73 Å². The first kappa shape index (κ1) is 14.8. The SMILES string of the molecule is CC(NCc1nc(N)c2ccccc2n1)c1ccccc1Cl. The lowest BCUT2D eigenvalue weighted by molar-refractivity contribution is 0.561. The fraction of sp³-hybridized carbons (Fsp3) is 0.176. The zero-order valence-electron chi connectivity index (χ0n) is 12.3. The third kappa shape index (κ3) is 3.03. The summed E-state index contributed by atoms with van der Waals surface area (Å²) < 4.78 is 0. The molecule has 5 heteroatoms. The van der Waals surface area contributed by atoms with Gasteiger partial charge in [-0.3, -0.25) is 0 Å². The standard InChI is InChI=1S/C17H17ClN4/c1-11(12-6-2-4-8-14(12)18)20-10-16-21-15-9-5-3-7-13(15)17(19)22-16/h2-9,11,20H,10H2,1H3,(H2,19,21,22). The number of nitrogen functional groups attached to an aromatic ring is 1. The molecular weight excluding hydrogens is 296 g/mol. The summed E-state index contributed by atoms with van der Waals surface area (Å²) in [5, 5.41) is 5.01. The molecule has 1 heterocycles. The van der Waals surface area contributed by atoms with Crippen LogP contribution in [0.3, 0.4) is 0 Å². The molecule has 0 aliphatic carbocycles. The molecule has 0 amide bonds. The maximum absolute atomic E-state index is 6.21. The van der Waals surface area contributed by atoms with Crippen LogP contribution in [-0.4, -0.2) is 9.97 Å². The number of nitrogens with two attached hydrogens (primary N) is 1. The fourth-order valence-corrected chi connectivity index (χ4v) is 2.71. The Hall–Kier alpha value is -2.17. The summed E-state index contributed by atoms with van der Waals surface area (Å²) in [5.41, 5.74) is 7.91. The van der Waals surface area contributed by atoms with Gasteiger partial charge in [0.15, 0.2) is 0 Å². The molecule has 0 aliphatic heterocycles. The molecule has 1 aromatic heterocycles. The van der Waals surface area contributed by atoms with E-state index in [0.29, 0.717) is 18.2 Å². The maximum atomic E-state index is 6.21. The van der Waals surface area contributed by atoms with E-state index in [-0.39, 0.29) is 6.04 Å². The molecule has 4 nitrogen and oxygen atoms in total. The summed E-state index contributed by atoms with van der Waals surface area (Å²) in [4.78, 5) is 8.90. The molecule has 0 bridgehead atoms. The number of rotatable bonds is 4. The molecule has 22 heavy (non-hydrogen) atoms. The van der Waals surface area contributed by atoms with Gasteiger partial charge in [-0.2, -0.15) is 0 Å². The first-order valence-electron chi connectivity index (χ1n) is 7.14. The molecular formula is C17H17ClN4. The van der Waals surface area contributed by atoms with Crippen molar-refractivity contribution in [1.29, 1.82) is 0 Å². The predicted molar refractivity (Wildman–Crippen MR) is 90.7 cm³/mol. The Morgan fingerprint density at radius 1 is 1.09 bits per heavy atom. The largest absolute Gasteiger partial charge is 0.383 e. The molecule has 0 fully saturated rings. The summed E-state index contributed by atoms with van der Waals surface area (Å²) in [6.45, 7) is 2.59. The van der Waals surface area contributed by atoms with Crippen LogP contribution >= 0.6 is 11.6 Å². The van der Waals surface area contributed by atoms with Gasteiger partial charge >= 0.3 is 0 Å². The van der Waals surface area contributed by atoms with E-state index in [1.165, 1.54) is 0 Å². The van der Waals surface area contributed by atoms with Gasteiger partial charge < -0.3 is 11.1 Å². The van der Waals surface area contributed by atoms with Gasteiger partial charge in [0, 0.05) is 16.5 Å². The first-order chi connectivity index (χ1) is 10.6. The smallest absolute Gasteiger partial charge is 0.145 e. The molecule has 0 spiro atoms. The Labute approximate surface area is 134 Å². The molecule has 3 N–H and O–H groups in total. The number of hydrogen-bond donors (Lipinski definition) is 2. The number of aromatic nitrogens is 2. The number of fused-ring (bicyclic) bond motifs is 1. The summed E-state index contributed by atoms with van der Waals surface area (Å²) >= 11 is 6.21. The highest BCUT2D eigenvalue weighted by Gasteiger charge is 2.10. The summed E-state index contributed by atoms with van der Waals surface area (Å²) in [6.07, 6.45) is 0. The van der Waals surface area contributed by atoms with E-state index >= 15 is 0 Å². The van der Waals surface area contributed by atoms with Crippen LogP contribution in [0.25, 0.3) is 10.9 Å². The van der Waals surface area contributed by atoms with Crippen LogP contribution in [0.15, 0.2) is 48.5 Å². The van der Waals surface area contributed by atoms with Gasteiger partial charge in [-0.15, -0.1) is 0 Å². The molecule has 0 saturated carbocycles. The summed E-state index contributed by atoms with van der Waals surface area (Å²) in [5.74, 6) is 1.18. The second-order valence-corrected chi connectivity index (χ2v) is 5.57. The van der Waals surface area contributed by atoms with Crippen molar-refractivity contribution in [2.45, 2.75) is 19.5 Å². The van der Waals surface area contributed by atoms with Crippen molar-refractivity contribution < 1.29 is 0 Å². The lowest BCUT2D eigenvalue weighted by Gasteiger charge is -2.15. The first-order valence-corrected chi connectivity index (χ1v) is 7.52. The molecule has 1 unspecified atom stereocenters. The third-order valence-corrected chi connectivity index (χ3v) is 3.96. The predicted octanol–water partition coefficient (Wildman–Crippen LogP) is 3.72. The van der Waals surface area contributed by atoms with E-state index in [4.69, 9.17) is 17.3 Å². The zero-order valence-corrected chi connectivity index (χ0v) is 13.0. The lowest BCUT2D eigenvalue weighted by atomic mass is 10.1. The number of nitrogens with one attached hydrogen (secondary N) is 1. The number of anilines is 1. The van der Waals surface area contributed by atoms with E-state index in [1.54, 1.807) is 0 Å². The van der Waals surface area contributed by atoms with Crippen LogP contribution < -0.4 is 11.1 Å². The van der Waals surface area contributed by atoms with E-state index in [1.807, 2.05) is 48.5 Å². The van der Waals surface area contributed by atoms with Crippen LogP contribution in [0.1, 0.15) is 24.4 Å². The lowest BCUT2D eigenvalue weighted by Crippen LogP contribution is -2.20. The Balaban J connectivity index is 1.78. The van der Waals surface area contributed by atoms with E-state index in [9.17, 15) is 0 Å². The Morgan fingerprint density at radius 2 is 1.82 bits per heavy atom. The average Bonchev–Trinajstić information content (AvgIpc) is 2.53. The Bertz CT molecular complexity index is 804. The van der Waals surface area contributed by atoms with Gasteiger partial charge in [0.25, 0.3) is 0 Å². The van der Waals surface area contributed by atoms with Gasteiger partial charge in [-0.05, 0) is 30.7 Å². The highest BCUT2D eigenvalue weighted by molar-refractivity contribution is 6.31. The quantitative estimate of drug-likeness (QED) is 0.770. The van der Waals surface area contributed by atoms with Crippen molar-refractivity contribution in [3.8, 4) is 0 Å². The highest BCUT2D eigenvalue weighted by Crippen LogP contribution is 2.22. The van der Waals surface area contributed by atoms with Gasteiger partial charge in [-0.1, -0.05) is 41.9 Å². The normalized spacial score (nSPS) is 12.5. The highest BCUT2D eigenvalue weighted by atomic mass is 35.5. The molecule has 1 atom stereocenters. The molecule has 3 rings (SSSR count). The van der Waals surface area contributed by atoms with Crippen LogP contribution in [0.4, 0.5) is 5.82 Å². The third-order valence-electron chi connectivity index (χ3n) is 3.62. The maximum Gasteiger partial charge on any atom is 0.145 e. The number of benzene rings is 2. The van der Waals surface area contributed by atoms with Crippen LogP contribution in [-0.2, 0) is 6.54 Å². The molecule has 0 saturated heterocycles. The second kappa shape index (κ2) is 6.30. The molecule has 0 radical (unpaired) electrons. The number of hydrogen-bond acceptors (Lipinski definition) is 4. The van der Waals surface area contributed by atoms with Crippen molar-refractivity contribution in [1.82, 2.24) is 15.3 Å². The Morgan fingerprint density at radius 3 is 2.64 bits per heavy atom. The van der Waals surface area contributed by atoms with Crippen LogP contribution in [0.2, 0.25) is 5.02 Å². The monoisotopic (exact) mass is 312 g/mol. The van der Waals surface area contributed by atoms with E-state index in [2.05, 4.69) is 22.2 Å². The molecule has 112 valence electrons. The average molecular weight is 313 g/mol. The van der Waals surface area contributed by atoms with Crippen LogP contribution in [0.5, 0.6) is 0 Å². The molecule has 0 aliphatic rings. The van der Waals surface area contributed by atoms with E-state index < -0.39 is 0 Å². The van der Waals surface area contributed by atoms with Gasteiger partial charge in [0.05, 0.1) is 12.1 Å². The fourth-order valence-electron chi connectivity index (χ4n) is 2.41. The van der Waals surface area contributed by atoms with Crippen molar-refractivity contribution in [2.24, 2.45) is 0 Å². The van der Waals surface area contributed by atoms with Crippen molar-refractivity contribution in [3.63, 3.8) is 0 Å². The topological polar surface area (TPSA) is 63.8 Å². The minimum atomic E-state index is 0.102. The minimum absolute atomic E-state index is 0.102. The van der Waals surface area contributed by atoms with Crippen molar-refractivity contribution >= 4 is 28.3 Å².